The normalized spacial score (nSPS) is 14.2. The average Bonchev–Trinajstić information content (AvgIpc) is 2.00. The molecule has 2 nitrogen and oxygen atoms in total. The molecule has 0 unspecified atom stereocenters. The highest BCUT2D eigenvalue weighted by molar-refractivity contribution is 14.2. The highest BCUT2D eigenvalue weighted by atomic mass is 127. The SMILES string of the molecule is CCC(I)(I)SC(C)=NC=NC. The highest BCUT2D eigenvalue weighted by Gasteiger charge is 2.21. The van der Waals surface area contributed by atoms with Gasteiger partial charge < -0.3 is 0 Å². The molecule has 0 bridgehead atoms. The first-order valence-electron chi connectivity index (χ1n) is 3.53. The van der Waals surface area contributed by atoms with E-state index in [1.807, 2.05) is 6.92 Å². The Morgan fingerprint density at radius 3 is 2.58 bits per heavy atom. The molecule has 0 saturated heterocycles. The van der Waals surface area contributed by atoms with Gasteiger partial charge in [-0.3, -0.25) is 4.99 Å². The summed E-state index contributed by atoms with van der Waals surface area (Å²) in [5.41, 5.74) is 0. The van der Waals surface area contributed by atoms with Crippen molar-refractivity contribution in [2.75, 3.05) is 7.05 Å². The van der Waals surface area contributed by atoms with Crippen LogP contribution in [0, 0.1) is 0 Å². The molecular formula is C7H12I2N2S. The summed E-state index contributed by atoms with van der Waals surface area (Å²) >= 11 is 6.64. The second-order valence-electron chi connectivity index (χ2n) is 2.11. The summed E-state index contributed by atoms with van der Waals surface area (Å²) in [6.45, 7) is 4.18. The zero-order chi connectivity index (χ0) is 9.61. The molecule has 0 fully saturated rings. The molecule has 5 heteroatoms. The van der Waals surface area contributed by atoms with Crippen LogP contribution in [0.5, 0.6) is 0 Å². The summed E-state index contributed by atoms with van der Waals surface area (Å²) in [4.78, 5) is 7.95. The maximum atomic E-state index is 4.15. The van der Waals surface area contributed by atoms with Crippen molar-refractivity contribution in [1.82, 2.24) is 0 Å². The van der Waals surface area contributed by atoms with Gasteiger partial charge in [0.1, 0.15) is 7.10 Å². The van der Waals surface area contributed by atoms with Crippen molar-refractivity contribution in [3.05, 3.63) is 0 Å². The van der Waals surface area contributed by atoms with Crippen LogP contribution in [0.4, 0.5) is 0 Å². The Balaban J connectivity index is 4.07. The Morgan fingerprint density at radius 1 is 1.58 bits per heavy atom. The van der Waals surface area contributed by atoms with Gasteiger partial charge >= 0.3 is 0 Å². The van der Waals surface area contributed by atoms with E-state index < -0.39 is 0 Å². The fourth-order valence-electron chi connectivity index (χ4n) is 0.454. The fourth-order valence-corrected chi connectivity index (χ4v) is 3.04. The second-order valence-corrected chi connectivity index (χ2v) is 10.8. The minimum absolute atomic E-state index is 0.227. The summed E-state index contributed by atoms with van der Waals surface area (Å²) in [5, 5.41) is 1.06. The zero-order valence-corrected chi connectivity index (χ0v) is 12.5. The van der Waals surface area contributed by atoms with Crippen LogP contribution < -0.4 is 0 Å². The van der Waals surface area contributed by atoms with Gasteiger partial charge in [0.05, 0.1) is 5.04 Å². The molecule has 12 heavy (non-hydrogen) atoms. The van der Waals surface area contributed by atoms with E-state index >= 15 is 0 Å². The second kappa shape index (κ2) is 6.58. The molecule has 0 saturated carbocycles. The van der Waals surface area contributed by atoms with Crippen LogP contribution in [0.25, 0.3) is 0 Å². The van der Waals surface area contributed by atoms with Gasteiger partial charge in [-0.25, -0.2) is 4.99 Å². The zero-order valence-electron chi connectivity index (χ0n) is 7.34. The van der Waals surface area contributed by atoms with Crippen molar-refractivity contribution in [3.8, 4) is 0 Å². The van der Waals surface area contributed by atoms with E-state index in [0.717, 1.165) is 11.5 Å². The van der Waals surface area contributed by atoms with Gasteiger partial charge in [0.2, 0.25) is 0 Å². The molecule has 70 valence electrons. The lowest BCUT2D eigenvalue weighted by molar-refractivity contribution is 1.07. The van der Waals surface area contributed by atoms with E-state index in [-0.39, 0.29) is 0.760 Å². The number of alkyl halides is 2. The maximum absolute atomic E-state index is 4.15. The first-order chi connectivity index (χ1) is 5.52. The number of nitrogens with zero attached hydrogens (tertiary/aromatic N) is 2. The number of hydrogen-bond donors (Lipinski definition) is 0. The molecule has 0 aliphatic heterocycles. The molecule has 0 atom stereocenters. The largest absolute Gasteiger partial charge is 0.277 e. The predicted octanol–water partition coefficient (Wildman–Crippen LogP) is 3.73. The summed E-state index contributed by atoms with van der Waals surface area (Å²) in [6, 6.07) is 0. The smallest absolute Gasteiger partial charge is 0.123 e. The van der Waals surface area contributed by atoms with Gasteiger partial charge in [0, 0.05) is 7.05 Å². The van der Waals surface area contributed by atoms with Gasteiger partial charge in [0.15, 0.2) is 0 Å². The lowest BCUT2D eigenvalue weighted by Crippen LogP contribution is -2.05. The average molecular weight is 410 g/mol. The molecule has 0 spiro atoms. The molecule has 0 aromatic carbocycles. The standard InChI is InChI=1S/C7H12I2N2S/c1-4-7(8,9)12-6(2)11-5-10-3/h5H,4H2,1-3H3. The first kappa shape index (κ1) is 13.2. The van der Waals surface area contributed by atoms with E-state index in [1.165, 1.54) is 0 Å². The monoisotopic (exact) mass is 410 g/mol. The molecule has 0 rings (SSSR count). The van der Waals surface area contributed by atoms with Crippen molar-refractivity contribution in [2.45, 2.75) is 21.0 Å². The van der Waals surface area contributed by atoms with Crippen molar-refractivity contribution in [3.63, 3.8) is 0 Å². The summed E-state index contributed by atoms with van der Waals surface area (Å²) in [5.74, 6) is 0. The van der Waals surface area contributed by atoms with Crippen LogP contribution in [0.2, 0.25) is 0 Å². The van der Waals surface area contributed by atoms with Gasteiger partial charge in [-0.05, 0) is 13.3 Å². The van der Waals surface area contributed by atoms with Crippen LogP contribution in [0.3, 0.4) is 0 Å². The minimum atomic E-state index is 0.227. The number of aliphatic imine (C=N–C) groups is 2. The molecule has 0 radical (unpaired) electrons. The molecule has 0 amide bonds. The van der Waals surface area contributed by atoms with E-state index in [2.05, 4.69) is 62.1 Å². The van der Waals surface area contributed by atoms with Crippen molar-refractivity contribution < 1.29 is 0 Å². The Kier molecular flexibility index (Phi) is 7.21. The van der Waals surface area contributed by atoms with Crippen molar-refractivity contribution >= 4 is 68.3 Å². The van der Waals surface area contributed by atoms with E-state index in [4.69, 9.17) is 0 Å². The topological polar surface area (TPSA) is 24.7 Å². The number of halogens is 2. The van der Waals surface area contributed by atoms with Gasteiger partial charge in [-0.1, -0.05) is 63.9 Å². The lowest BCUT2D eigenvalue weighted by Gasteiger charge is -2.16. The van der Waals surface area contributed by atoms with Crippen molar-refractivity contribution in [2.24, 2.45) is 9.98 Å². The Morgan fingerprint density at radius 2 is 2.17 bits per heavy atom. The third kappa shape index (κ3) is 6.64. The van der Waals surface area contributed by atoms with E-state index in [0.29, 0.717) is 0 Å². The Hall–Kier alpha value is 1.15. The fraction of sp³-hybridized carbons (Fsp3) is 0.714. The van der Waals surface area contributed by atoms with Gasteiger partial charge in [-0.2, -0.15) is 0 Å². The summed E-state index contributed by atoms with van der Waals surface area (Å²) in [6.07, 6.45) is 2.70. The number of rotatable bonds is 3. The van der Waals surface area contributed by atoms with Gasteiger partial charge in [0.25, 0.3) is 0 Å². The van der Waals surface area contributed by atoms with Crippen LogP contribution in [0.15, 0.2) is 9.98 Å². The van der Waals surface area contributed by atoms with Crippen molar-refractivity contribution in [1.29, 1.82) is 0 Å². The molecule has 0 heterocycles. The van der Waals surface area contributed by atoms with Crippen LogP contribution in [-0.4, -0.2) is 19.2 Å². The highest BCUT2D eigenvalue weighted by Crippen LogP contribution is 2.43. The predicted molar refractivity (Wildman–Crippen MR) is 76.2 cm³/mol. The van der Waals surface area contributed by atoms with Gasteiger partial charge in [-0.15, -0.1) is 0 Å². The molecule has 0 N–H and O–H groups in total. The molecule has 0 aromatic heterocycles. The molecule has 0 aliphatic carbocycles. The first-order valence-corrected chi connectivity index (χ1v) is 6.51. The quantitative estimate of drug-likeness (QED) is 0.301. The third-order valence-electron chi connectivity index (χ3n) is 1.06. The number of hydrogen-bond acceptors (Lipinski definition) is 2. The van der Waals surface area contributed by atoms with E-state index in [1.54, 1.807) is 25.1 Å². The number of thioether (sulfide) groups is 1. The van der Waals surface area contributed by atoms with Crippen LogP contribution in [-0.2, 0) is 0 Å². The molecule has 0 aromatic rings. The maximum Gasteiger partial charge on any atom is 0.123 e. The minimum Gasteiger partial charge on any atom is -0.277 e. The lowest BCUT2D eigenvalue weighted by atomic mass is 10.6. The summed E-state index contributed by atoms with van der Waals surface area (Å²) in [7, 11) is 1.72. The van der Waals surface area contributed by atoms with Crippen LogP contribution >= 0.6 is 56.9 Å². The molecule has 0 aliphatic rings. The van der Waals surface area contributed by atoms with Crippen LogP contribution in [0.1, 0.15) is 20.3 Å². The molecular weight excluding hydrogens is 398 g/mol. The Labute approximate surface area is 105 Å². The third-order valence-corrected chi connectivity index (χ3v) is 4.90. The Bertz CT molecular complexity index is 190. The summed E-state index contributed by atoms with van der Waals surface area (Å²) < 4.78 is 0.227. The van der Waals surface area contributed by atoms with E-state index in [9.17, 15) is 0 Å².